The van der Waals surface area contributed by atoms with E-state index in [0.29, 0.717) is 18.1 Å². The molecule has 0 unspecified atom stereocenters. The van der Waals surface area contributed by atoms with E-state index in [9.17, 15) is 4.79 Å². The van der Waals surface area contributed by atoms with Crippen LogP contribution in [0.1, 0.15) is 53.8 Å². The van der Waals surface area contributed by atoms with Crippen molar-refractivity contribution in [2.75, 3.05) is 0 Å². The number of fused-ring (bicyclic) bond motifs is 1. The maximum atomic E-state index is 11.7. The van der Waals surface area contributed by atoms with Gasteiger partial charge in [-0.15, -0.1) is 0 Å². The minimum atomic E-state index is 0.187. The van der Waals surface area contributed by atoms with Crippen LogP contribution in [0.15, 0.2) is 22.7 Å². The van der Waals surface area contributed by atoms with Crippen LogP contribution >= 0.6 is 0 Å². The fourth-order valence-electron chi connectivity index (χ4n) is 2.30. The normalized spacial score (nSPS) is 13.8. The van der Waals surface area contributed by atoms with E-state index < -0.39 is 0 Å². The molecule has 0 saturated heterocycles. The number of nitrogens with zero attached hydrogens (tertiary/aromatic N) is 2. The summed E-state index contributed by atoms with van der Waals surface area (Å²) in [6, 6.07) is 5.57. The molecular formula is C15H16N2O3. The summed E-state index contributed by atoms with van der Waals surface area (Å²) in [4.78, 5) is 15.9. The van der Waals surface area contributed by atoms with E-state index in [2.05, 4.69) is 10.1 Å². The lowest BCUT2D eigenvalue weighted by Gasteiger charge is -2.08. The number of hydrogen-bond acceptors (Lipinski definition) is 5. The molecule has 0 atom stereocenters. The third kappa shape index (κ3) is 2.31. The average Bonchev–Trinajstić information content (AvgIpc) is 3.04. The van der Waals surface area contributed by atoms with Gasteiger partial charge in [0, 0.05) is 23.5 Å². The third-order valence-electron chi connectivity index (χ3n) is 3.37. The predicted molar refractivity (Wildman–Crippen MR) is 71.8 cm³/mol. The second kappa shape index (κ2) is 5.07. The zero-order valence-electron chi connectivity index (χ0n) is 11.5. The standard InChI is InChI=1S/C15H16N2O3/c1-9(2)15-16-14(17-20-15)8-19-13-5-3-4-10-11(13)6-7-12(10)18/h3-5,9H,6-8H2,1-2H3. The van der Waals surface area contributed by atoms with Crippen molar-refractivity contribution in [2.45, 2.75) is 39.2 Å². The Morgan fingerprint density at radius 2 is 2.20 bits per heavy atom. The first-order chi connectivity index (χ1) is 9.65. The highest BCUT2D eigenvalue weighted by molar-refractivity contribution is 6.01. The average molecular weight is 272 g/mol. The number of aromatic nitrogens is 2. The van der Waals surface area contributed by atoms with Crippen LogP contribution in [0, 0.1) is 0 Å². The van der Waals surface area contributed by atoms with Gasteiger partial charge in [0.15, 0.2) is 12.4 Å². The predicted octanol–water partition coefficient (Wildman–Crippen LogP) is 2.90. The lowest BCUT2D eigenvalue weighted by molar-refractivity contribution is 0.0994. The quantitative estimate of drug-likeness (QED) is 0.856. The molecule has 0 N–H and O–H groups in total. The number of Topliss-reactive ketones (excluding diaryl/α,β-unsaturated/α-hetero) is 1. The second-order valence-corrected chi connectivity index (χ2v) is 5.20. The van der Waals surface area contributed by atoms with E-state index in [1.54, 1.807) is 0 Å². The molecule has 1 aliphatic carbocycles. The molecule has 0 aliphatic heterocycles. The van der Waals surface area contributed by atoms with E-state index in [0.717, 1.165) is 23.3 Å². The number of rotatable bonds is 4. The van der Waals surface area contributed by atoms with Crippen LogP contribution in [0.3, 0.4) is 0 Å². The molecule has 0 radical (unpaired) electrons. The van der Waals surface area contributed by atoms with E-state index >= 15 is 0 Å². The van der Waals surface area contributed by atoms with E-state index in [1.807, 2.05) is 32.0 Å². The van der Waals surface area contributed by atoms with Gasteiger partial charge in [0.05, 0.1) is 0 Å². The number of hydrogen-bond donors (Lipinski definition) is 0. The lowest BCUT2D eigenvalue weighted by atomic mass is 10.1. The van der Waals surface area contributed by atoms with E-state index in [-0.39, 0.29) is 18.3 Å². The molecule has 2 aromatic rings. The Labute approximate surface area is 116 Å². The van der Waals surface area contributed by atoms with Crippen LogP contribution in [0.4, 0.5) is 0 Å². The molecular weight excluding hydrogens is 256 g/mol. The molecule has 0 spiro atoms. The Balaban J connectivity index is 1.74. The monoisotopic (exact) mass is 272 g/mol. The molecule has 3 rings (SSSR count). The summed E-state index contributed by atoms with van der Waals surface area (Å²) in [6.45, 7) is 4.24. The number of carbonyl (C=O) groups is 1. The first-order valence-corrected chi connectivity index (χ1v) is 6.75. The van der Waals surface area contributed by atoms with Gasteiger partial charge < -0.3 is 9.26 Å². The molecule has 0 fully saturated rings. The molecule has 1 aliphatic rings. The Bertz CT molecular complexity index is 646. The number of benzene rings is 1. The van der Waals surface area contributed by atoms with Crippen molar-refractivity contribution in [3.05, 3.63) is 41.0 Å². The van der Waals surface area contributed by atoms with Crippen molar-refractivity contribution in [3.63, 3.8) is 0 Å². The molecule has 5 nitrogen and oxygen atoms in total. The second-order valence-electron chi connectivity index (χ2n) is 5.20. The molecule has 1 heterocycles. The van der Waals surface area contributed by atoms with Gasteiger partial charge in [0.25, 0.3) is 0 Å². The van der Waals surface area contributed by atoms with Gasteiger partial charge in [-0.05, 0) is 12.5 Å². The Kier molecular flexibility index (Phi) is 3.26. The van der Waals surface area contributed by atoms with Crippen LogP contribution in [-0.2, 0) is 13.0 Å². The summed E-state index contributed by atoms with van der Waals surface area (Å²) in [6.07, 6.45) is 1.31. The van der Waals surface area contributed by atoms with E-state index in [4.69, 9.17) is 9.26 Å². The summed E-state index contributed by atoms with van der Waals surface area (Å²) in [7, 11) is 0. The maximum absolute atomic E-state index is 11.7. The first-order valence-electron chi connectivity index (χ1n) is 6.75. The lowest BCUT2D eigenvalue weighted by Crippen LogP contribution is -2.01. The minimum absolute atomic E-state index is 0.187. The van der Waals surface area contributed by atoms with Crippen molar-refractivity contribution in [1.29, 1.82) is 0 Å². The molecule has 5 heteroatoms. The summed E-state index contributed by atoms with van der Waals surface area (Å²) in [5, 5.41) is 3.88. The van der Waals surface area contributed by atoms with Crippen molar-refractivity contribution < 1.29 is 14.1 Å². The first kappa shape index (κ1) is 12.8. The molecule has 0 amide bonds. The Morgan fingerprint density at radius 1 is 1.35 bits per heavy atom. The van der Waals surface area contributed by atoms with Crippen molar-refractivity contribution in [3.8, 4) is 5.75 Å². The van der Waals surface area contributed by atoms with Gasteiger partial charge in [0.1, 0.15) is 5.75 Å². The molecule has 1 aromatic carbocycles. The van der Waals surface area contributed by atoms with Gasteiger partial charge in [0.2, 0.25) is 11.7 Å². The zero-order valence-corrected chi connectivity index (χ0v) is 11.5. The Morgan fingerprint density at radius 3 is 2.95 bits per heavy atom. The number of ether oxygens (including phenoxy) is 1. The smallest absolute Gasteiger partial charge is 0.229 e. The summed E-state index contributed by atoms with van der Waals surface area (Å²) in [5.41, 5.74) is 1.77. The third-order valence-corrected chi connectivity index (χ3v) is 3.37. The van der Waals surface area contributed by atoms with Gasteiger partial charge in [-0.3, -0.25) is 4.79 Å². The van der Waals surface area contributed by atoms with Gasteiger partial charge in [-0.1, -0.05) is 31.1 Å². The molecule has 20 heavy (non-hydrogen) atoms. The summed E-state index contributed by atoms with van der Waals surface area (Å²) in [5.74, 6) is 2.26. The van der Waals surface area contributed by atoms with Crippen LogP contribution < -0.4 is 4.74 Å². The fraction of sp³-hybridized carbons (Fsp3) is 0.400. The van der Waals surface area contributed by atoms with Gasteiger partial charge in [-0.25, -0.2) is 0 Å². The largest absolute Gasteiger partial charge is 0.485 e. The maximum Gasteiger partial charge on any atom is 0.229 e. The zero-order chi connectivity index (χ0) is 14.1. The number of carbonyl (C=O) groups excluding carboxylic acids is 1. The Hall–Kier alpha value is -2.17. The molecule has 0 bridgehead atoms. The highest BCUT2D eigenvalue weighted by Crippen LogP contribution is 2.30. The summed E-state index contributed by atoms with van der Waals surface area (Å²) >= 11 is 0. The van der Waals surface area contributed by atoms with Crippen molar-refractivity contribution in [2.24, 2.45) is 0 Å². The fourth-order valence-corrected chi connectivity index (χ4v) is 2.30. The SMILES string of the molecule is CC(C)c1nc(COc2cccc3c2CCC3=O)no1. The van der Waals surface area contributed by atoms with E-state index in [1.165, 1.54) is 0 Å². The van der Waals surface area contributed by atoms with Crippen LogP contribution in [0.2, 0.25) is 0 Å². The molecule has 0 saturated carbocycles. The number of ketones is 1. The van der Waals surface area contributed by atoms with Crippen LogP contribution in [-0.4, -0.2) is 15.9 Å². The van der Waals surface area contributed by atoms with Crippen molar-refractivity contribution >= 4 is 5.78 Å². The van der Waals surface area contributed by atoms with Gasteiger partial charge >= 0.3 is 0 Å². The molecule has 104 valence electrons. The minimum Gasteiger partial charge on any atom is -0.485 e. The molecule has 1 aromatic heterocycles. The van der Waals surface area contributed by atoms with Crippen LogP contribution in [0.25, 0.3) is 0 Å². The highest BCUT2D eigenvalue weighted by Gasteiger charge is 2.22. The van der Waals surface area contributed by atoms with Gasteiger partial charge in [-0.2, -0.15) is 4.98 Å². The van der Waals surface area contributed by atoms with Crippen molar-refractivity contribution in [1.82, 2.24) is 10.1 Å². The van der Waals surface area contributed by atoms with Crippen LogP contribution in [0.5, 0.6) is 5.75 Å². The summed E-state index contributed by atoms with van der Waals surface area (Å²) < 4.78 is 10.9. The topological polar surface area (TPSA) is 65.2 Å². The highest BCUT2D eigenvalue weighted by atomic mass is 16.5.